The minimum absolute atomic E-state index is 0.0566. The number of β-amino-alcohol motifs (C(OH)–C–C–N with tert-alkyl or cyclic N) is 1. The topological polar surface area (TPSA) is 139 Å². The van der Waals surface area contributed by atoms with Crippen molar-refractivity contribution < 1.29 is 37.1 Å². The highest BCUT2D eigenvalue weighted by Gasteiger charge is 2.18. The molecule has 0 aromatic heterocycles. The second kappa shape index (κ2) is 12.6. The molecule has 2 aromatic rings. The van der Waals surface area contributed by atoms with Crippen LogP contribution in [0.2, 0.25) is 0 Å². The maximum Gasteiger partial charge on any atom is 0.343 e. The maximum atomic E-state index is 12.6. The zero-order valence-corrected chi connectivity index (χ0v) is 21.1. The van der Waals surface area contributed by atoms with E-state index in [2.05, 4.69) is 5.32 Å². The molecule has 3 N–H and O–H groups in total. The smallest absolute Gasteiger partial charge is 0.343 e. The molecule has 188 valence electrons. The molecule has 1 atom stereocenters. The van der Waals surface area contributed by atoms with Gasteiger partial charge in [-0.05, 0) is 57.0 Å². The highest BCUT2D eigenvalue weighted by molar-refractivity contribution is 7.85. The van der Waals surface area contributed by atoms with Crippen LogP contribution < -0.4 is 10.1 Å². The van der Waals surface area contributed by atoms with Crippen molar-refractivity contribution in [3.8, 4) is 5.75 Å². The van der Waals surface area contributed by atoms with E-state index in [-0.39, 0.29) is 12.1 Å². The lowest BCUT2D eigenvalue weighted by atomic mass is 10.0. The summed E-state index contributed by atoms with van der Waals surface area (Å²) in [6, 6.07) is 12.2. The molecule has 0 spiro atoms. The van der Waals surface area contributed by atoms with Crippen LogP contribution in [-0.4, -0.2) is 48.4 Å². The Kier molecular flexibility index (Phi) is 10.8. The van der Waals surface area contributed by atoms with Gasteiger partial charge in [0.25, 0.3) is 10.1 Å². The Morgan fingerprint density at radius 1 is 1.12 bits per heavy atom. The largest absolute Gasteiger partial charge is 0.461 e. The number of hydrogen-bond acceptors (Lipinski definition) is 8. The van der Waals surface area contributed by atoms with E-state index in [1.54, 1.807) is 30.3 Å². The number of aryl methyl sites for hydroxylation is 1. The molecular formula is C24H33NO8S. The second-order valence-electron chi connectivity index (χ2n) is 8.73. The highest BCUT2D eigenvalue weighted by atomic mass is 32.2. The molecule has 0 fully saturated rings. The van der Waals surface area contributed by atoms with Crippen molar-refractivity contribution >= 4 is 22.1 Å². The SMILES string of the molecule is CC(=O)OCc1cc(C(O)CNC(C)(C)C)ccc1OC(=O)c1ccccc1C.CS(=O)(=O)O. The fourth-order valence-electron chi connectivity index (χ4n) is 2.68. The van der Waals surface area contributed by atoms with Crippen molar-refractivity contribution in [2.45, 2.75) is 52.9 Å². The third-order valence-corrected chi connectivity index (χ3v) is 4.29. The van der Waals surface area contributed by atoms with Crippen LogP contribution in [0.3, 0.4) is 0 Å². The molecule has 9 nitrogen and oxygen atoms in total. The summed E-state index contributed by atoms with van der Waals surface area (Å²) in [6.07, 6.45) is -0.0427. The van der Waals surface area contributed by atoms with Gasteiger partial charge in [0, 0.05) is 24.6 Å². The summed E-state index contributed by atoms with van der Waals surface area (Å²) in [5.41, 5.74) is 2.28. The lowest BCUT2D eigenvalue weighted by Gasteiger charge is -2.23. The van der Waals surface area contributed by atoms with Gasteiger partial charge in [0.05, 0.1) is 17.9 Å². The average molecular weight is 496 g/mol. The lowest BCUT2D eigenvalue weighted by Crippen LogP contribution is -2.38. The molecule has 0 radical (unpaired) electrons. The predicted molar refractivity (Wildman–Crippen MR) is 128 cm³/mol. The van der Waals surface area contributed by atoms with Crippen molar-refractivity contribution in [2.75, 3.05) is 12.8 Å². The Morgan fingerprint density at radius 3 is 2.24 bits per heavy atom. The molecule has 1 unspecified atom stereocenters. The number of carbonyl (C=O) groups excluding carboxylic acids is 2. The number of aliphatic hydroxyl groups is 1. The van der Waals surface area contributed by atoms with Crippen LogP contribution in [0.15, 0.2) is 42.5 Å². The molecule has 0 aliphatic heterocycles. The monoisotopic (exact) mass is 495 g/mol. The number of nitrogens with one attached hydrogen (secondary N) is 1. The number of ether oxygens (including phenoxy) is 2. The molecule has 0 aliphatic rings. The zero-order chi connectivity index (χ0) is 26.1. The van der Waals surface area contributed by atoms with Crippen LogP contribution in [0.4, 0.5) is 0 Å². The third-order valence-electron chi connectivity index (χ3n) is 4.29. The van der Waals surface area contributed by atoms with Crippen LogP contribution in [0.25, 0.3) is 0 Å². The molecular weight excluding hydrogens is 462 g/mol. The van der Waals surface area contributed by atoms with Gasteiger partial charge in [0.15, 0.2) is 0 Å². The van der Waals surface area contributed by atoms with E-state index in [1.807, 2.05) is 39.8 Å². The Morgan fingerprint density at radius 2 is 1.71 bits per heavy atom. The van der Waals surface area contributed by atoms with Crippen molar-refractivity contribution in [3.05, 3.63) is 64.7 Å². The number of aliphatic hydroxyl groups excluding tert-OH is 1. The normalized spacial score (nSPS) is 12.2. The summed E-state index contributed by atoms with van der Waals surface area (Å²) in [5.74, 6) is -0.643. The van der Waals surface area contributed by atoms with Gasteiger partial charge in [-0.3, -0.25) is 9.35 Å². The van der Waals surface area contributed by atoms with Gasteiger partial charge in [0.1, 0.15) is 12.4 Å². The second-order valence-corrected chi connectivity index (χ2v) is 10.2. The van der Waals surface area contributed by atoms with Crippen LogP contribution in [-0.2, 0) is 26.3 Å². The summed E-state index contributed by atoms with van der Waals surface area (Å²) in [4.78, 5) is 23.8. The zero-order valence-electron chi connectivity index (χ0n) is 20.3. The number of hydrogen-bond donors (Lipinski definition) is 3. The fraction of sp³-hybridized carbons (Fsp3) is 0.417. The summed E-state index contributed by atoms with van der Waals surface area (Å²) in [7, 11) is -3.67. The van der Waals surface area contributed by atoms with E-state index in [0.29, 0.717) is 35.2 Å². The van der Waals surface area contributed by atoms with Gasteiger partial charge < -0.3 is 19.9 Å². The van der Waals surface area contributed by atoms with Crippen LogP contribution in [0.5, 0.6) is 5.75 Å². The average Bonchev–Trinajstić information content (AvgIpc) is 2.69. The van der Waals surface area contributed by atoms with Gasteiger partial charge in [-0.2, -0.15) is 8.42 Å². The molecule has 2 aromatic carbocycles. The van der Waals surface area contributed by atoms with Gasteiger partial charge >= 0.3 is 11.9 Å². The van der Waals surface area contributed by atoms with Crippen molar-refractivity contribution in [3.63, 3.8) is 0 Å². The van der Waals surface area contributed by atoms with Crippen molar-refractivity contribution in [2.24, 2.45) is 0 Å². The predicted octanol–water partition coefficient (Wildman–Crippen LogP) is 3.20. The highest BCUT2D eigenvalue weighted by Crippen LogP contribution is 2.26. The Balaban J connectivity index is 0.00000104. The van der Waals surface area contributed by atoms with E-state index in [0.717, 1.165) is 5.56 Å². The molecule has 2 rings (SSSR count). The summed E-state index contributed by atoms with van der Waals surface area (Å²) in [5, 5.41) is 13.7. The summed E-state index contributed by atoms with van der Waals surface area (Å²) in [6.45, 7) is 9.49. The first-order valence-electron chi connectivity index (χ1n) is 10.5. The number of rotatable bonds is 7. The van der Waals surface area contributed by atoms with E-state index >= 15 is 0 Å². The van der Waals surface area contributed by atoms with E-state index in [9.17, 15) is 23.1 Å². The van der Waals surface area contributed by atoms with Crippen LogP contribution >= 0.6 is 0 Å². The molecule has 0 amide bonds. The first-order valence-corrected chi connectivity index (χ1v) is 12.3. The Hall–Kier alpha value is -2.79. The maximum absolute atomic E-state index is 12.6. The quantitative estimate of drug-likeness (QED) is 0.300. The van der Waals surface area contributed by atoms with Gasteiger partial charge in [-0.15, -0.1) is 0 Å². The minimum atomic E-state index is -3.67. The fourth-order valence-corrected chi connectivity index (χ4v) is 2.68. The first-order chi connectivity index (χ1) is 15.6. The van der Waals surface area contributed by atoms with Crippen LogP contribution in [0, 0.1) is 6.92 Å². The Labute approximate surface area is 200 Å². The van der Waals surface area contributed by atoms with E-state index in [4.69, 9.17) is 14.0 Å². The first kappa shape index (κ1) is 29.2. The lowest BCUT2D eigenvalue weighted by molar-refractivity contribution is -0.142. The van der Waals surface area contributed by atoms with E-state index in [1.165, 1.54) is 6.92 Å². The van der Waals surface area contributed by atoms with Crippen LogP contribution in [0.1, 0.15) is 60.8 Å². The van der Waals surface area contributed by atoms with Gasteiger partial charge in [0.2, 0.25) is 0 Å². The molecule has 34 heavy (non-hydrogen) atoms. The molecule has 0 saturated carbocycles. The Bertz CT molecular complexity index is 1080. The standard InChI is InChI=1S/C23H29NO5.CH4O3S/c1-15-8-6-7-9-19(15)22(27)29-21-11-10-17(12-18(21)14-28-16(2)25)20(26)13-24-23(3,4)5;1-5(2,3)4/h6-12,20,24,26H,13-14H2,1-5H3;1H3,(H,2,3,4). The number of benzene rings is 2. The molecule has 0 bridgehead atoms. The van der Waals surface area contributed by atoms with Crippen molar-refractivity contribution in [1.82, 2.24) is 5.32 Å². The molecule has 0 aliphatic carbocycles. The molecule has 0 saturated heterocycles. The molecule has 0 heterocycles. The third kappa shape index (κ3) is 11.9. The summed E-state index contributed by atoms with van der Waals surface area (Å²) >= 11 is 0. The minimum Gasteiger partial charge on any atom is -0.461 e. The number of carbonyl (C=O) groups is 2. The van der Waals surface area contributed by atoms with Gasteiger partial charge in [-0.1, -0.05) is 24.3 Å². The van der Waals surface area contributed by atoms with E-state index < -0.39 is 28.2 Å². The molecule has 10 heteroatoms. The summed E-state index contributed by atoms with van der Waals surface area (Å²) < 4.78 is 36.5. The van der Waals surface area contributed by atoms with Gasteiger partial charge in [-0.25, -0.2) is 4.79 Å². The van der Waals surface area contributed by atoms with Crippen molar-refractivity contribution in [1.29, 1.82) is 0 Å². The number of esters is 2.